The van der Waals surface area contributed by atoms with Crippen molar-refractivity contribution in [3.05, 3.63) is 71.9 Å². The number of benzene rings is 1. The second-order valence-corrected chi connectivity index (χ2v) is 6.57. The molecule has 1 N–H and O–H groups in total. The molecule has 1 aliphatic rings. The van der Waals surface area contributed by atoms with Crippen LogP contribution in [0.25, 0.3) is 11.3 Å². The number of aromatic nitrogens is 2. The molecule has 5 nitrogen and oxygen atoms in total. The first-order chi connectivity index (χ1) is 12.7. The van der Waals surface area contributed by atoms with E-state index in [9.17, 15) is 9.18 Å². The smallest absolute Gasteiger partial charge is 0.274 e. The zero-order valence-electron chi connectivity index (χ0n) is 14.1. The molecule has 6 heteroatoms. The van der Waals surface area contributed by atoms with Gasteiger partial charge in [-0.1, -0.05) is 30.1 Å². The highest BCUT2D eigenvalue weighted by atomic mass is 19.1. The molecule has 4 rings (SSSR count). The molecule has 1 saturated carbocycles. The van der Waals surface area contributed by atoms with E-state index in [0.29, 0.717) is 5.76 Å². The summed E-state index contributed by atoms with van der Waals surface area (Å²) in [4.78, 5) is 16.8. The highest BCUT2D eigenvalue weighted by Gasteiger charge is 2.37. The van der Waals surface area contributed by atoms with Gasteiger partial charge in [-0.2, -0.15) is 0 Å². The van der Waals surface area contributed by atoms with E-state index in [2.05, 4.69) is 15.5 Å². The summed E-state index contributed by atoms with van der Waals surface area (Å²) in [5.41, 5.74) is 1.41. The van der Waals surface area contributed by atoms with Crippen molar-refractivity contribution in [3.63, 3.8) is 0 Å². The van der Waals surface area contributed by atoms with Crippen molar-refractivity contribution < 1.29 is 13.7 Å². The molecule has 3 aromatic rings. The van der Waals surface area contributed by atoms with Gasteiger partial charge in [0.05, 0.1) is 5.54 Å². The zero-order valence-corrected chi connectivity index (χ0v) is 14.1. The van der Waals surface area contributed by atoms with Crippen LogP contribution in [0.15, 0.2) is 59.4 Å². The van der Waals surface area contributed by atoms with Crippen LogP contribution >= 0.6 is 0 Å². The van der Waals surface area contributed by atoms with Crippen LogP contribution in [0, 0.1) is 5.82 Å². The standard InChI is InChI=1S/C20H18FN3O2/c21-16-7-5-15(6-8-16)20(9-1-2-10-20)23-19(25)17-12-18(26-24-17)14-4-3-11-22-13-14/h3-8,11-13H,1-2,9-10H2,(H,23,25). The molecule has 0 radical (unpaired) electrons. The van der Waals surface area contributed by atoms with Crippen LogP contribution in [-0.4, -0.2) is 16.0 Å². The lowest BCUT2D eigenvalue weighted by Crippen LogP contribution is -2.43. The Balaban J connectivity index is 1.58. The van der Waals surface area contributed by atoms with E-state index >= 15 is 0 Å². The van der Waals surface area contributed by atoms with Gasteiger partial charge in [-0.05, 0) is 42.7 Å². The van der Waals surface area contributed by atoms with Gasteiger partial charge in [-0.3, -0.25) is 9.78 Å². The number of carbonyl (C=O) groups is 1. The fourth-order valence-electron chi connectivity index (χ4n) is 3.54. The lowest BCUT2D eigenvalue weighted by atomic mass is 9.88. The van der Waals surface area contributed by atoms with Crippen LogP contribution in [0.5, 0.6) is 0 Å². The molecule has 2 aromatic heterocycles. The molecular formula is C20H18FN3O2. The van der Waals surface area contributed by atoms with Crippen LogP contribution < -0.4 is 5.32 Å². The van der Waals surface area contributed by atoms with Crippen LogP contribution in [0.1, 0.15) is 41.7 Å². The molecule has 132 valence electrons. The van der Waals surface area contributed by atoms with E-state index < -0.39 is 5.54 Å². The quantitative estimate of drug-likeness (QED) is 0.769. The number of pyridine rings is 1. The summed E-state index contributed by atoms with van der Waals surface area (Å²) in [5.74, 6) is -0.0912. The number of hydrogen-bond acceptors (Lipinski definition) is 4. The number of carbonyl (C=O) groups excluding carboxylic acids is 1. The third-order valence-electron chi connectivity index (χ3n) is 4.90. The molecule has 0 unspecified atom stereocenters. The zero-order chi connectivity index (χ0) is 18.0. The average Bonchev–Trinajstić information content (AvgIpc) is 3.33. The number of rotatable bonds is 4. The van der Waals surface area contributed by atoms with Crippen molar-refractivity contribution in [2.45, 2.75) is 31.2 Å². The second kappa shape index (κ2) is 6.71. The number of nitrogens with zero attached hydrogens (tertiary/aromatic N) is 2. The minimum Gasteiger partial charge on any atom is -0.355 e. The largest absolute Gasteiger partial charge is 0.355 e. The maximum atomic E-state index is 13.3. The molecule has 0 spiro atoms. The van der Waals surface area contributed by atoms with Gasteiger partial charge in [0.15, 0.2) is 11.5 Å². The number of amides is 1. The summed E-state index contributed by atoms with van der Waals surface area (Å²) in [7, 11) is 0. The highest BCUT2D eigenvalue weighted by molar-refractivity contribution is 5.93. The van der Waals surface area contributed by atoms with E-state index in [1.807, 2.05) is 6.07 Å². The van der Waals surface area contributed by atoms with Crippen LogP contribution in [0.4, 0.5) is 4.39 Å². The SMILES string of the molecule is O=C(NC1(c2ccc(F)cc2)CCCC1)c1cc(-c2cccnc2)on1. The van der Waals surface area contributed by atoms with Gasteiger partial charge in [-0.25, -0.2) is 4.39 Å². The Morgan fingerprint density at radius 3 is 2.62 bits per heavy atom. The predicted octanol–water partition coefficient (Wildman–Crippen LogP) is 4.08. The van der Waals surface area contributed by atoms with Gasteiger partial charge in [0.2, 0.25) is 0 Å². The van der Waals surface area contributed by atoms with Gasteiger partial charge >= 0.3 is 0 Å². The molecule has 0 bridgehead atoms. The Hall–Kier alpha value is -3.02. The molecule has 1 aliphatic carbocycles. The Kier molecular flexibility index (Phi) is 4.24. The Morgan fingerprint density at radius 2 is 1.92 bits per heavy atom. The monoisotopic (exact) mass is 351 g/mol. The topological polar surface area (TPSA) is 68.0 Å². The fraction of sp³-hybridized carbons (Fsp3) is 0.250. The normalized spacial score (nSPS) is 15.7. The van der Waals surface area contributed by atoms with Crippen molar-refractivity contribution >= 4 is 5.91 Å². The van der Waals surface area contributed by atoms with Gasteiger partial charge in [0.1, 0.15) is 5.82 Å². The summed E-state index contributed by atoms with van der Waals surface area (Å²) >= 11 is 0. The van der Waals surface area contributed by atoms with Crippen molar-refractivity contribution in [1.82, 2.24) is 15.5 Å². The third-order valence-corrected chi connectivity index (χ3v) is 4.90. The summed E-state index contributed by atoms with van der Waals surface area (Å²) in [6.45, 7) is 0. The van der Waals surface area contributed by atoms with E-state index in [0.717, 1.165) is 36.8 Å². The van der Waals surface area contributed by atoms with Crippen molar-refractivity contribution in [1.29, 1.82) is 0 Å². The Bertz CT molecular complexity index is 900. The summed E-state index contributed by atoms with van der Waals surface area (Å²) in [5, 5.41) is 7.01. The summed E-state index contributed by atoms with van der Waals surface area (Å²) in [6, 6.07) is 11.6. The Labute approximate surface area is 150 Å². The average molecular weight is 351 g/mol. The van der Waals surface area contributed by atoms with E-state index in [-0.39, 0.29) is 17.4 Å². The third kappa shape index (κ3) is 3.10. The number of halogens is 1. The first-order valence-corrected chi connectivity index (χ1v) is 8.62. The van der Waals surface area contributed by atoms with E-state index in [1.165, 1.54) is 12.1 Å². The number of nitrogens with one attached hydrogen (secondary N) is 1. The van der Waals surface area contributed by atoms with Crippen LogP contribution in [0.3, 0.4) is 0 Å². The highest BCUT2D eigenvalue weighted by Crippen LogP contribution is 2.39. The predicted molar refractivity (Wildman–Crippen MR) is 93.7 cm³/mol. The molecule has 2 heterocycles. The maximum absolute atomic E-state index is 13.3. The fourth-order valence-corrected chi connectivity index (χ4v) is 3.54. The van der Waals surface area contributed by atoms with Crippen LogP contribution in [0.2, 0.25) is 0 Å². The summed E-state index contributed by atoms with van der Waals surface area (Å²) in [6.07, 6.45) is 6.98. The van der Waals surface area contributed by atoms with Gasteiger partial charge in [0, 0.05) is 24.0 Å². The van der Waals surface area contributed by atoms with Crippen molar-refractivity contribution in [3.8, 4) is 11.3 Å². The first kappa shape index (κ1) is 16.4. The number of hydrogen-bond donors (Lipinski definition) is 1. The molecule has 1 aromatic carbocycles. The van der Waals surface area contributed by atoms with E-state index in [1.54, 1.807) is 36.7 Å². The minimum atomic E-state index is -0.488. The summed E-state index contributed by atoms with van der Waals surface area (Å²) < 4.78 is 18.6. The maximum Gasteiger partial charge on any atom is 0.274 e. The minimum absolute atomic E-state index is 0.220. The van der Waals surface area contributed by atoms with E-state index in [4.69, 9.17) is 4.52 Å². The lowest BCUT2D eigenvalue weighted by Gasteiger charge is -2.30. The molecule has 0 aliphatic heterocycles. The molecule has 0 saturated heterocycles. The van der Waals surface area contributed by atoms with Crippen molar-refractivity contribution in [2.24, 2.45) is 0 Å². The molecule has 26 heavy (non-hydrogen) atoms. The second-order valence-electron chi connectivity index (χ2n) is 6.57. The van der Waals surface area contributed by atoms with Gasteiger partial charge in [-0.15, -0.1) is 0 Å². The van der Waals surface area contributed by atoms with Crippen LogP contribution in [-0.2, 0) is 5.54 Å². The van der Waals surface area contributed by atoms with Crippen molar-refractivity contribution in [2.75, 3.05) is 0 Å². The molecular weight excluding hydrogens is 333 g/mol. The molecule has 1 amide bonds. The van der Waals surface area contributed by atoms with Gasteiger partial charge < -0.3 is 9.84 Å². The lowest BCUT2D eigenvalue weighted by molar-refractivity contribution is 0.0889. The molecule has 1 fully saturated rings. The Morgan fingerprint density at radius 1 is 1.15 bits per heavy atom. The van der Waals surface area contributed by atoms with Gasteiger partial charge in [0.25, 0.3) is 5.91 Å². The first-order valence-electron chi connectivity index (χ1n) is 8.62. The molecule has 0 atom stereocenters.